The van der Waals surface area contributed by atoms with E-state index in [0.29, 0.717) is 0 Å². The first kappa shape index (κ1) is 13.4. The summed E-state index contributed by atoms with van der Waals surface area (Å²) in [6.45, 7) is 3.66. The van der Waals surface area contributed by atoms with Gasteiger partial charge >= 0.3 is 0 Å². The molecule has 0 aliphatic heterocycles. The van der Waals surface area contributed by atoms with Crippen LogP contribution in [-0.4, -0.2) is 7.11 Å². The number of rotatable bonds is 5. The Bertz CT molecular complexity index is 552. The summed E-state index contributed by atoms with van der Waals surface area (Å²) in [5, 5.41) is 3.41. The normalized spacial score (nSPS) is 10.4. The van der Waals surface area contributed by atoms with Gasteiger partial charge in [-0.25, -0.2) is 0 Å². The summed E-state index contributed by atoms with van der Waals surface area (Å²) >= 11 is 0. The number of methoxy groups -OCH3 is 1. The highest BCUT2D eigenvalue weighted by atomic mass is 16.5. The van der Waals surface area contributed by atoms with Crippen LogP contribution in [0.5, 0.6) is 5.75 Å². The lowest BCUT2D eigenvalue weighted by Crippen LogP contribution is -2.13. The van der Waals surface area contributed by atoms with Crippen LogP contribution >= 0.6 is 0 Å². The van der Waals surface area contributed by atoms with E-state index >= 15 is 0 Å². The summed E-state index contributed by atoms with van der Waals surface area (Å²) in [7, 11) is 1.70. The van der Waals surface area contributed by atoms with Crippen molar-refractivity contribution < 1.29 is 4.74 Å². The maximum atomic E-state index is 5.76. The van der Waals surface area contributed by atoms with Gasteiger partial charge in [0.25, 0.3) is 0 Å². The van der Waals surface area contributed by atoms with Crippen molar-refractivity contribution in [3.05, 3.63) is 59.2 Å². The molecule has 0 heterocycles. The van der Waals surface area contributed by atoms with Crippen LogP contribution < -0.4 is 15.8 Å². The van der Waals surface area contributed by atoms with E-state index in [1.807, 2.05) is 24.3 Å². The van der Waals surface area contributed by atoms with Crippen LogP contribution in [0.15, 0.2) is 42.5 Å². The maximum Gasteiger partial charge on any atom is 0.123 e. The number of nitrogens with two attached hydrogens (primary N) is 1. The Morgan fingerprint density at radius 1 is 1.11 bits per heavy atom. The summed E-state index contributed by atoms with van der Waals surface area (Å²) < 4.78 is 5.36. The van der Waals surface area contributed by atoms with E-state index < -0.39 is 0 Å². The van der Waals surface area contributed by atoms with Gasteiger partial charge in [0.1, 0.15) is 5.75 Å². The summed E-state index contributed by atoms with van der Waals surface area (Å²) in [5.41, 5.74) is 10.2. The van der Waals surface area contributed by atoms with Crippen molar-refractivity contribution >= 4 is 5.69 Å². The van der Waals surface area contributed by atoms with Crippen molar-refractivity contribution in [1.82, 2.24) is 5.32 Å². The molecule has 3 heteroatoms. The smallest absolute Gasteiger partial charge is 0.123 e. The zero-order valence-corrected chi connectivity index (χ0v) is 11.4. The monoisotopic (exact) mass is 256 g/mol. The first-order valence-corrected chi connectivity index (χ1v) is 6.37. The van der Waals surface area contributed by atoms with E-state index in [4.69, 9.17) is 10.5 Å². The van der Waals surface area contributed by atoms with Crippen molar-refractivity contribution in [2.75, 3.05) is 12.8 Å². The number of hydrogen-bond acceptors (Lipinski definition) is 3. The predicted octanol–water partition coefficient (Wildman–Crippen LogP) is 2.88. The highest BCUT2D eigenvalue weighted by molar-refractivity contribution is 5.40. The second kappa shape index (κ2) is 6.25. The number of aryl methyl sites for hydroxylation is 1. The van der Waals surface area contributed by atoms with Gasteiger partial charge in [-0.2, -0.15) is 0 Å². The molecule has 0 aromatic heterocycles. The molecule has 0 spiro atoms. The van der Waals surface area contributed by atoms with Crippen molar-refractivity contribution in [3.8, 4) is 5.75 Å². The SMILES string of the molecule is COc1ccc(C)cc1CNCc1cccc(N)c1. The van der Waals surface area contributed by atoms with Gasteiger partial charge in [0, 0.05) is 24.3 Å². The molecular weight excluding hydrogens is 236 g/mol. The maximum absolute atomic E-state index is 5.76. The molecule has 0 radical (unpaired) electrons. The Morgan fingerprint density at radius 3 is 2.68 bits per heavy atom. The summed E-state index contributed by atoms with van der Waals surface area (Å²) in [6.07, 6.45) is 0. The third-order valence-corrected chi connectivity index (χ3v) is 3.03. The van der Waals surface area contributed by atoms with E-state index in [-0.39, 0.29) is 0 Å². The number of anilines is 1. The lowest BCUT2D eigenvalue weighted by Gasteiger charge is -2.11. The Balaban J connectivity index is 1.97. The molecular formula is C16H20N2O. The van der Waals surface area contributed by atoms with Crippen LogP contribution in [0.4, 0.5) is 5.69 Å². The molecule has 0 unspecified atom stereocenters. The molecule has 0 aliphatic carbocycles. The van der Waals surface area contributed by atoms with Gasteiger partial charge in [0.15, 0.2) is 0 Å². The third-order valence-electron chi connectivity index (χ3n) is 3.03. The zero-order chi connectivity index (χ0) is 13.7. The van der Waals surface area contributed by atoms with E-state index in [2.05, 4.69) is 30.4 Å². The van der Waals surface area contributed by atoms with E-state index in [1.165, 1.54) is 16.7 Å². The van der Waals surface area contributed by atoms with E-state index in [1.54, 1.807) is 7.11 Å². The number of benzene rings is 2. The summed E-state index contributed by atoms with van der Waals surface area (Å²) in [6, 6.07) is 14.1. The average Bonchev–Trinajstić information content (AvgIpc) is 2.39. The van der Waals surface area contributed by atoms with Gasteiger partial charge in [-0.05, 0) is 30.7 Å². The molecule has 0 bridgehead atoms. The molecule has 100 valence electrons. The van der Waals surface area contributed by atoms with Gasteiger partial charge < -0.3 is 15.8 Å². The van der Waals surface area contributed by atoms with Crippen LogP contribution in [0.2, 0.25) is 0 Å². The van der Waals surface area contributed by atoms with Gasteiger partial charge in [0.2, 0.25) is 0 Å². The molecule has 0 amide bonds. The highest BCUT2D eigenvalue weighted by Crippen LogP contribution is 2.19. The topological polar surface area (TPSA) is 47.3 Å². The number of nitrogens with one attached hydrogen (secondary N) is 1. The molecule has 0 atom stereocenters. The van der Waals surface area contributed by atoms with Gasteiger partial charge in [-0.15, -0.1) is 0 Å². The molecule has 2 aromatic rings. The average molecular weight is 256 g/mol. The standard InChI is InChI=1S/C16H20N2O/c1-12-6-7-16(19-2)14(8-12)11-18-10-13-4-3-5-15(17)9-13/h3-9,18H,10-11,17H2,1-2H3. The van der Waals surface area contributed by atoms with Crippen molar-refractivity contribution in [2.45, 2.75) is 20.0 Å². The van der Waals surface area contributed by atoms with Crippen molar-refractivity contribution in [2.24, 2.45) is 0 Å². The lowest BCUT2D eigenvalue weighted by molar-refractivity contribution is 0.407. The molecule has 3 nitrogen and oxygen atoms in total. The fourth-order valence-corrected chi connectivity index (χ4v) is 2.09. The van der Waals surface area contributed by atoms with Crippen LogP contribution in [-0.2, 0) is 13.1 Å². The second-order valence-electron chi connectivity index (χ2n) is 4.66. The molecule has 0 saturated heterocycles. The van der Waals surface area contributed by atoms with Crippen LogP contribution in [0.25, 0.3) is 0 Å². The van der Waals surface area contributed by atoms with Crippen molar-refractivity contribution in [1.29, 1.82) is 0 Å². The lowest BCUT2D eigenvalue weighted by atomic mass is 10.1. The first-order chi connectivity index (χ1) is 9.19. The fraction of sp³-hybridized carbons (Fsp3) is 0.250. The van der Waals surface area contributed by atoms with Crippen molar-refractivity contribution in [3.63, 3.8) is 0 Å². The molecule has 0 aliphatic rings. The molecule has 2 rings (SSSR count). The fourth-order valence-electron chi connectivity index (χ4n) is 2.09. The first-order valence-electron chi connectivity index (χ1n) is 6.37. The van der Waals surface area contributed by atoms with Crippen LogP contribution in [0.1, 0.15) is 16.7 Å². The van der Waals surface area contributed by atoms with Gasteiger partial charge in [-0.1, -0.05) is 29.8 Å². The molecule has 0 saturated carbocycles. The Kier molecular flexibility index (Phi) is 4.42. The largest absolute Gasteiger partial charge is 0.496 e. The molecule has 2 aromatic carbocycles. The minimum absolute atomic E-state index is 0.777. The summed E-state index contributed by atoms with van der Waals surface area (Å²) in [4.78, 5) is 0. The van der Waals surface area contributed by atoms with Crippen LogP contribution in [0.3, 0.4) is 0 Å². The third kappa shape index (κ3) is 3.73. The number of hydrogen-bond donors (Lipinski definition) is 2. The Labute approximate surface area is 114 Å². The van der Waals surface area contributed by atoms with Gasteiger partial charge in [0.05, 0.1) is 7.11 Å². The van der Waals surface area contributed by atoms with Gasteiger partial charge in [-0.3, -0.25) is 0 Å². The quantitative estimate of drug-likeness (QED) is 0.809. The second-order valence-corrected chi connectivity index (χ2v) is 4.66. The minimum atomic E-state index is 0.777. The van der Waals surface area contributed by atoms with Crippen LogP contribution in [0, 0.1) is 6.92 Å². The number of nitrogen functional groups attached to an aromatic ring is 1. The molecule has 3 N–H and O–H groups in total. The highest BCUT2D eigenvalue weighted by Gasteiger charge is 2.02. The molecule has 19 heavy (non-hydrogen) atoms. The van der Waals surface area contributed by atoms with E-state index in [0.717, 1.165) is 24.5 Å². The Hall–Kier alpha value is -2.00. The zero-order valence-electron chi connectivity index (χ0n) is 11.4. The molecule has 0 fully saturated rings. The van der Waals surface area contributed by atoms with E-state index in [9.17, 15) is 0 Å². The predicted molar refractivity (Wildman–Crippen MR) is 79.1 cm³/mol. The Morgan fingerprint density at radius 2 is 1.95 bits per heavy atom. The summed E-state index contributed by atoms with van der Waals surface area (Å²) in [5.74, 6) is 0.922. The minimum Gasteiger partial charge on any atom is -0.496 e. The number of ether oxygens (including phenoxy) is 1.